The number of carbonyl (C=O) groups is 1. The van der Waals surface area contributed by atoms with Gasteiger partial charge in [-0.05, 0) is 0 Å². The van der Waals surface area contributed by atoms with E-state index < -0.39 is 15.9 Å². The summed E-state index contributed by atoms with van der Waals surface area (Å²) in [5.74, 6) is -0.113. The Kier molecular flexibility index (Phi) is 3.66. The van der Waals surface area contributed by atoms with Crippen LogP contribution in [0.2, 0.25) is 0 Å². The van der Waals surface area contributed by atoms with E-state index in [4.69, 9.17) is 4.52 Å². The monoisotopic (exact) mass is 280 g/mol. The number of nitrogens with one attached hydrogen (secondary N) is 1. The molecule has 1 amide bonds. The Morgan fingerprint density at radius 1 is 1.32 bits per heavy atom. The van der Waals surface area contributed by atoms with Gasteiger partial charge in [-0.15, -0.1) is 0 Å². The van der Waals surface area contributed by atoms with E-state index in [0.29, 0.717) is 11.5 Å². The summed E-state index contributed by atoms with van der Waals surface area (Å²) in [7, 11) is -3.55. The molecule has 1 N–H and O–H groups in total. The minimum Gasteiger partial charge on any atom is -0.356 e. The summed E-state index contributed by atoms with van der Waals surface area (Å²) in [6, 6.07) is 10.9. The number of benzene rings is 1. The highest BCUT2D eigenvalue weighted by Crippen LogP contribution is 2.19. The van der Waals surface area contributed by atoms with Crippen LogP contribution in [0.15, 0.2) is 40.9 Å². The van der Waals surface area contributed by atoms with Crippen molar-refractivity contribution >= 4 is 15.9 Å². The fourth-order valence-electron chi connectivity index (χ4n) is 1.54. The smallest absolute Gasteiger partial charge is 0.239 e. The van der Waals surface area contributed by atoms with Gasteiger partial charge in [-0.2, -0.15) is 0 Å². The molecule has 0 fully saturated rings. The number of carbonyl (C=O) groups excluding carboxylic acids is 1. The molecule has 6 nitrogen and oxygen atoms in total. The molecule has 0 saturated heterocycles. The van der Waals surface area contributed by atoms with Crippen LogP contribution in [0.25, 0.3) is 11.3 Å². The Hall–Kier alpha value is -2.15. The third-order valence-electron chi connectivity index (χ3n) is 2.26. The Morgan fingerprint density at radius 2 is 2.00 bits per heavy atom. The Labute approximate surface area is 110 Å². The lowest BCUT2D eigenvalue weighted by Crippen LogP contribution is -2.30. The lowest BCUT2D eigenvalue weighted by atomic mass is 10.1. The molecule has 0 aliphatic heterocycles. The molecule has 2 rings (SSSR count). The largest absolute Gasteiger partial charge is 0.356 e. The summed E-state index contributed by atoms with van der Waals surface area (Å²) < 4.78 is 28.7. The Balaban J connectivity index is 2.08. The van der Waals surface area contributed by atoms with E-state index in [9.17, 15) is 13.2 Å². The van der Waals surface area contributed by atoms with Gasteiger partial charge in [0, 0.05) is 11.6 Å². The van der Waals surface area contributed by atoms with Crippen LogP contribution in [-0.2, 0) is 21.2 Å². The molecule has 100 valence electrons. The molecule has 0 spiro atoms. The van der Waals surface area contributed by atoms with E-state index in [2.05, 4.69) is 5.16 Å². The molecule has 0 atom stereocenters. The third-order valence-corrected chi connectivity index (χ3v) is 2.86. The average Bonchev–Trinajstić information content (AvgIpc) is 2.76. The zero-order valence-corrected chi connectivity index (χ0v) is 11.0. The maximum absolute atomic E-state index is 11.4. The summed E-state index contributed by atoms with van der Waals surface area (Å²) in [6.45, 7) is 0. The molecule has 1 aromatic heterocycles. The van der Waals surface area contributed by atoms with E-state index in [-0.39, 0.29) is 6.42 Å². The molecule has 0 aliphatic rings. The van der Waals surface area contributed by atoms with Crippen LogP contribution < -0.4 is 4.72 Å². The van der Waals surface area contributed by atoms with Gasteiger partial charge in [-0.25, -0.2) is 8.42 Å². The number of nitrogens with zero attached hydrogens (tertiary/aromatic N) is 1. The predicted octanol–water partition coefficient (Wildman–Crippen LogP) is 0.960. The Morgan fingerprint density at radius 3 is 2.63 bits per heavy atom. The zero-order valence-electron chi connectivity index (χ0n) is 10.2. The first-order chi connectivity index (χ1) is 8.94. The highest BCUT2D eigenvalue weighted by atomic mass is 32.2. The molecule has 1 aromatic carbocycles. The van der Waals surface area contributed by atoms with Crippen molar-refractivity contribution < 1.29 is 17.7 Å². The van der Waals surface area contributed by atoms with Crippen molar-refractivity contribution in [2.75, 3.05) is 6.26 Å². The lowest BCUT2D eigenvalue weighted by Gasteiger charge is -1.98. The number of hydrogen-bond acceptors (Lipinski definition) is 5. The first-order valence-electron chi connectivity index (χ1n) is 5.46. The maximum Gasteiger partial charge on any atom is 0.239 e. The molecule has 0 saturated carbocycles. The van der Waals surface area contributed by atoms with E-state index in [1.54, 1.807) is 6.07 Å². The molecule has 1 heterocycles. The van der Waals surface area contributed by atoms with Crippen molar-refractivity contribution in [3.05, 3.63) is 42.1 Å². The van der Waals surface area contributed by atoms with Crippen molar-refractivity contribution in [1.29, 1.82) is 0 Å². The van der Waals surface area contributed by atoms with E-state index >= 15 is 0 Å². The predicted molar refractivity (Wildman–Crippen MR) is 68.6 cm³/mol. The van der Waals surface area contributed by atoms with Gasteiger partial charge in [-0.1, -0.05) is 35.5 Å². The first kappa shape index (κ1) is 13.3. The molecule has 2 aromatic rings. The van der Waals surface area contributed by atoms with Crippen molar-refractivity contribution in [2.24, 2.45) is 0 Å². The van der Waals surface area contributed by atoms with Gasteiger partial charge >= 0.3 is 0 Å². The second-order valence-electron chi connectivity index (χ2n) is 4.02. The van der Waals surface area contributed by atoms with Crippen molar-refractivity contribution in [3.63, 3.8) is 0 Å². The number of aromatic nitrogens is 1. The fraction of sp³-hybridized carbons (Fsp3) is 0.167. The number of hydrogen-bond donors (Lipinski definition) is 1. The van der Waals surface area contributed by atoms with Gasteiger partial charge in [-0.3, -0.25) is 9.52 Å². The molecular weight excluding hydrogens is 268 g/mol. The van der Waals surface area contributed by atoms with Gasteiger partial charge in [0.25, 0.3) is 0 Å². The van der Waals surface area contributed by atoms with E-state index in [1.165, 1.54) is 0 Å². The van der Waals surface area contributed by atoms with Crippen molar-refractivity contribution in [3.8, 4) is 11.3 Å². The third kappa shape index (κ3) is 3.92. The van der Waals surface area contributed by atoms with Crippen molar-refractivity contribution in [2.45, 2.75) is 6.42 Å². The molecule has 0 radical (unpaired) electrons. The summed E-state index contributed by atoms with van der Waals surface area (Å²) >= 11 is 0. The molecule has 0 aliphatic carbocycles. The van der Waals surface area contributed by atoms with E-state index in [0.717, 1.165) is 11.8 Å². The second-order valence-corrected chi connectivity index (χ2v) is 5.77. The number of sulfonamides is 1. The van der Waals surface area contributed by atoms with E-state index in [1.807, 2.05) is 35.1 Å². The van der Waals surface area contributed by atoms with Crippen molar-refractivity contribution in [1.82, 2.24) is 9.88 Å². The zero-order chi connectivity index (χ0) is 13.9. The lowest BCUT2D eigenvalue weighted by molar-refractivity contribution is -0.118. The van der Waals surface area contributed by atoms with Gasteiger partial charge in [0.1, 0.15) is 0 Å². The number of rotatable bonds is 4. The summed E-state index contributed by atoms with van der Waals surface area (Å²) in [5.41, 5.74) is 1.21. The molecular formula is C12H12N2O4S. The van der Waals surface area contributed by atoms with Gasteiger partial charge in [0.15, 0.2) is 5.76 Å². The van der Waals surface area contributed by atoms with Gasteiger partial charge in [0.2, 0.25) is 15.9 Å². The molecule has 7 heteroatoms. The SMILES string of the molecule is CS(=O)(=O)NC(=O)Cc1cc(-c2ccccc2)on1. The maximum atomic E-state index is 11.4. The summed E-state index contributed by atoms with van der Waals surface area (Å²) in [4.78, 5) is 11.4. The van der Waals surface area contributed by atoms with Crippen LogP contribution in [0.4, 0.5) is 0 Å². The van der Waals surface area contributed by atoms with Crippen LogP contribution in [-0.4, -0.2) is 25.7 Å². The minimum absolute atomic E-state index is 0.149. The topological polar surface area (TPSA) is 89.3 Å². The fourth-order valence-corrected chi connectivity index (χ4v) is 2.03. The first-order valence-corrected chi connectivity index (χ1v) is 7.35. The van der Waals surface area contributed by atoms with Crippen LogP contribution >= 0.6 is 0 Å². The summed E-state index contributed by atoms with van der Waals surface area (Å²) in [5, 5.41) is 3.73. The minimum atomic E-state index is -3.55. The van der Waals surface area contributed by atoms with Crippen LogP contribution in [0.3, 0.4) is 0 Å². The van der Waals surface area contributed by atoms with Crippen LogP contribution in [0.5, 0.6) is 0 Å². The van der Waals surface area contributed by atoms with Crippen LogP contribution in [0.1, 0.15) is 5.69 Å². The molecule has 19 heavy (non-hydrogen) atoms. The normalized spacial score (nSPS) is 11.2. The highest BCUT2D eigenvalue weighted by molar-refractivity contribution is 7.89. The van der Waals surface area contributed by atoms with Crippen LogP contribution in [0, 0.1) is 0 Å². The Bertz CT molecular complexity index is 677. The quantitative estimate of drug-likeness (QED) is 0.901. The summed E-state index contributed by atoms with van der Waals surface area (Å²) in [6.07, 6.45) is 0.770. The highest BCUT2D eigenvalue weighted by Gasteiger charge is 2.13. The van der Waals surface area contributed by atoms with Gasteiger partial charge in [0.05, 0.1) is 18.4 Å². The average molecular weight is 280 g/mol. The van der Waals surface area contributed by atoms with Gasteiger partial charge < -0.3 is 4.52 Å². The number of amides is 1. The second kappa shape index (κ2) is 5.23. The molecule has 0 bridgehead atoms. The molecule has 0 unspecified atom stereocenters. The standard InChI is InChI=1S/C12H12N2O4S/c1-19(16,17)14-12(15)8-10-7-11(18-13-10)9-5-3-2-4-6-9/h2-7H,8H2,1H3,(H,14,15).